The van der Waals surface area contributed by atoms with Crippen molar-refractivity contribution in [1.29, 1.82) is 0 Å². The van der Waals surface area contributed by atoms with E-state index in [-0.39, 0.29) is 21.8 Å². The summed E-state index contributed by atoms with van der Waals surface area (Å²) in [6, 6.07) is 10.3. The number of amides is 1. The van der Waals surface area contributed by atoms with E-state index < -0.39 is 16.9 Å². The highest BCUT2D eigenvalue weighted by atomic mass is 35.5. The number of non-ortho nitro benzene ring substituents is 1. The molecule has 1 amide bonds. The molecule has 3 rings (SSSR count). The second kappa shape index (κ2) is 8.62. The third-order valence-electron chi connectivity index (χ3n) is 5.04. The van der Waals surface area contributed by atoms with Crippen molar-refractivity contribution in [2.75, 3.05) is 6.54 Å². The molecule has 9 heteroatoms. The highest BCUT2D eigenvalue weighted by Gasteiger charge is 2.27. The van der Waals surface area contributed by atoms with Crippen molar-refractivity contribution in [3.63, 3.8) is 0 Å². The molecule has 1 unspecified atom stereocenters. The van der Waals surface area contributed by atoms with Crippen LogP contribution in [-0.2, 0) is 6.54 Å². The summed E-state index contributed by atoms with van der Waals surface area (Å²) >= 11 is 6.16. The van der Waals surface area contributed by atoms with Crippen LogP contribution >= 0.6 is 11.6 Å². The molecule has 30 heavy (non-hydrogen) atoms. The Hall–Kier alpha value is -3.26. The van der Waals surface area contributed by atoms with Crippen LogP contribution in [0.3, 0.4) is 0 Å². The largest absolute Gasteiger partial charge is 0.329 e. The van der Waals surface area contributed by atoms with Crippen molar-refractivity contribution in [3.05, 3.63) is 79.3 Å². The Balaban J connectivity index is 2.06. The lowest BCUT2D eigenvalue weighted by Gasteiger charge is -2.29. The number of fused-ring (bicyclic) bond motifs is 1. The summed E-state index contributed by atoms with van der Waals surface area (Å²) in [5, 5.41) is 11.5. The van der Waals surface area contributed by atoms with Gasteiger partial charge >= 0.3 is 0 Å². The van der Waals surface area contributed by atoms with E-state index in [9.17, 15) is 19.7 Å². The first-order chi connectivity index (χ1) is 14.3. The maximum atomic E-state index is 13.2. The number of aromatic nitrogens is 2. The number of benzene rings is 2. The van der Waals surface area contributed by atoms with Crippen LogP contribution < -0.4 is 5.56 Å². The first-order valence-corrected chi connectivity index (χ1v) is 9.92. The third kappa shape index (κ3) is 3.78. The Labute approximate surface area is 177 Å². The summed E-state index contributed by atoms with van der Waals surface area (Å²) in [6.45, 7) is 6.19. The minimum atomic E-state index is -0.570. The number of carbonyl (C=O) groups is 1. The van der Waals surface area contributed by atoms with Crippen molar-refractivity contribution >= 4 is 34.1 Å². The van der Waals surface area contributed by atoms with E-state index in [1.165, 1.54) is 17.0 Å². The van der Waals surface area contributed by atoms with E-state index in [4.69, 9.17) is 11.6 Å². The van der Waals surface area contributed by atoms with Gasteiger partial charge in [-0.25, -0.2) is 4.98 Å². The van der Waals surface area contributed by atoms with E-state index in [1.54, 1.807) is 35.8 Å². The Morgan fingerprint density at radius 2 is 1.97 bits per heavy atom. The Morgan fingerprint density at radius 3 is 2.57 bits per heavy atom. The van der Waals surface area contributed by atoms with Gasteiger partial charge < -0.3 is 4.90 Å². The SMILES string of the molecule is CCN(C(=O)c1ccc([N+](=O)[O-])cc1Cl)C(C)c1nc2ccccc2c(=O)n1CC. The molecule has 3 aromatic rings. The molecule has 1 heterocycles. The molecule has 156 valence electrons. The van der Waals surface area contributed by atoms with Crippen LogP contribution in [0.15, 0.2) is 47.3 Å². The lowest BCUT2D eigenvalue weighted by molar-refractivity contribution is -0.384. The van der Waals surface area contributed by atoms with Crippen LogP contribution in [0.25, 0.3) is 10.9 Å². The quantitative estimate of drug-likeness (QED) is 0.432. The van der Waals surface area contributed by atoms with Gasteiger partial charge in [-0.15, -0.1) is 0 Å². The molecule has 8 nitrogen and oxygen atoms in total. The zero-order valence-corrected chi connectivity index (χ0v) is 17.6. The van der Waals surface area contributed by atoms with E-state index in [0.717, 1.165) is 6.07 Å². The Kier molecular flexibility index (Phi) is 6.17. The topological polar surface area (TPSA) is 98.3 Å². The maximum Gasteiger partial charge on any atom is 0.270 e. The molecule has 0 aliphatic carbocycles. The van der Waals surface area contributed by atoms with E-state index >= 15 is 0 Å². The molecule has 1 atom stereocenters. The highest BCUT2D eigenvalue weighted by molar-refractivity contribution is 6.34. The van der Waals surface area contributed by atoms with E-state index in [0.29, 0.717) is 29.8 Å². The molecule has 0 spiro atoms. The average molecular weight is 429 g/mol. The Bertz CT molecular complexity index is 1190. The zero-order valence-electron chi connectivity index (χ0n) is 16.8. The van der Waals surface area contributed by atoms with Gasteiger partial charge in [0.2, 0.25) is 0 Å². The van der Waals surface area contributed by atoms with Gasteiger partial charge in [-0.2, -0.15) is 0 Å². The minimum Gasteiger partial charge on any atom is -0.329 e. The average Bonchev–Trinajstić information content (AvgIpc) is 2.73. The number of nitro benzene ring substituents is 1. The molecule has 0 radical (unpaired) electrons. The standard InChI is InChI=1S/C21H21ClN4O4/c1-4-24(20(27)15-11-10-14(26(29)30)12-17(15)22)13(3)19-23-18-9-7-6-8-16(18)21(28)25(19)5-2/h6-13H,4-5H2,1-3H3. The van der Waals surface area contributed by atoms with Crippen LogP contribution in [0, 0.1) is 10.1 Å². The van der Waals surface area contributed by atoms with Gasteiger partial charge in [0.05, 0.1) is 32.5 Å². The van der Waals surface area contributed by atoms with Gasteiger partial charge in [0, 0.05) is 25.2 Å². The van der Waals surface area contributed by atoms with Crippen LogP contribution in [0.4, 0.5) is 5.69 Å². The van der Waals surface area contributed by atoms with Crippen molar-refractivity contribution < 1.29 is 9.72 Å². The third-order valence-corrected chi connectivity index (χ3v) is 5.36. The molecule has 0 bridgehead atoms. The fraction of sp³-hybridized carbons (Fsp3) is 0.286. The molecule has 1 aromatic heterocycles. The number of nitro groups is 1. The monoisotopic (exact) mass is 428 g/mol. The van der Waals surface area contributed by atoms with Crippen molar-refractivity contribution in [2.45, 2.75) is 33.4 Å². The second-order valence-corrected chi connectivity index (χ2v) is 7.13. The first-order valence-electron chi connectivity index (χ1n) is 9.54. The molecular weight excluding hydrogens is 408 g/mol. The molecular formula is C21H21ClN4O4. The van der Waals surface area contributed by atoms with Crippen molar-refractivity contribution in [1.82, 2.24) is 14.5 Å². The summed E-state index contributed by atoms with van der Waals surface area (Å²) in [5.41, 5.74) is 0.360. The first kappa shape index (κ1) is 21.4. The van der Waals surface area contributed by atoms with Gasteiger partial charge in [-0.1, -0.05) is 23.7 Å². The van der Waals surface area contributed by atoms with Gasteiger partial charge in [0.1, 0.15) is 5.82 Å². The number of carbonyl (C=O) groups excluding carboxylic acids is 1. The smallest absolute Gasteiger partial charge is 0.270 e. The Morgan fingerprint density at radius 1 is 1.27 bits per heavy atom. The predicted octanol–water partition coefficient (Wildman–Crippen LogP) is 4.20. The highest BCUT2D eigenvalue weighted by Crippen LogP contribution is 2.27. The lowest BCUT2D eigenvalue weighted by atomic mass is 10.1. The van der Waals surface area contributed by atoms with E-state index in [2.05, 4.69) is 4.98 Å². The molecule has 0 N–H and O–H groups in total. The summed E-state index contributed by atoms with van der Waals surface area (Å²) in [4.78, 5) is 42.7. The number of rotatable bonds is 6. The maximum absolute atomic E-state index is 13.2. The normalized spacial score (nSPS) is 12.0. The number of hydrogen-bond acceptors (Lipinski definition) is 5. The predicted molar refractivity (Wildman–Crippen MR) is 115 cm³/mol. The summed E-state index contributed by atoms with van der Waals surface area (Å²) in [6.07, 6.45) is 0. The number of hydrogen-bond donors (Lipinski definition) is 0. The summed E-state index contributed by atoms with van der Waals surface area (Å²) < 4.78 is 1.56. The van der Waals surface area contributed by atoms with Crippen LogP contribution in [0.1, 0.15) is 43.0 Å². The molecule has 0 fully saturated rings. The number of para-hydroxylation sites is 1. The fourth-order valence-corrected chi connectivity index (χ4v) is 3.74. The lowest BCUT2D eigenvalue weighted by Crippen LogP contribution is -2.37. The second-order valence-electron chi connectivity index (χ2n) is 6.72. The molecule has 0 aliphatic heterocycles. The van der Waals surface area contributed by atoms with Crippen LogP contribution in [-0.4, -0.2) is 31.8 Å². The number of nitrogens with zero attached hydrogens (tertiary/aromatic N) is 4. The molecule has 2 aromatic carbocycles. The summed E-state index contributed by atoms with van der Waals surface area (Å²) in [7, 11) is 0. The van der Waals surface area contributed by atoms with E-state index in [1.807, 2.05) is 13.8 Å². The molecule has 0 saturated carbocycles. The van der Waals surface area contributed by atoms with Crippen LogP contribution in [0.2, 0.25) is 5.02 Å². The van der Waals surface area contributed by atoms with Gasteiger partial charge in [-0.05, 0) is 39.0 Å². The fourth-order valence-electron chi connectivity index (χ4n) is 3.49. The van der Waals surface area contributed by atoms with Crippen molar-refractivity contribution in [3.8, 4) is 0 Å². The van der Waals surface area contributed by atoms with Crippen LogP contribution in [0.5, 0.6) is 0 Å². The number of halogens is 1. The molecule has 0 saturated heterocycles. The van der Waals surface area contributed by atoms with Gasteiger partial charge in [0.25, 0.3) is 17.2 Å². The summed E-state index contributed by atoms with van der Waals surface area (Å²) in [5.74, 6) is 0.0735. The zero-order chi connectivity index (χ0) is 22.0. The van der Waals surface area contributed by atoms with Gasteiger partial charge in [0.15, 0.2) is 0 Å². The molecule has 0 aliphatic rings. The minimum absolute atomic E-state index is 0.000738. The van der Waals surface area contributed by atoms with Crippen molar-refractivity contribution in [2.24, 2.45) is 0 Å². The van der Waals surface area contributed by atoms with Gasteiger partial charge in [-0.3, -0.25) is 24.3 Å².